The quantitative estimate of drug-likeness (QED) is 0.854. The molecule has 24 heavy (non-hydrogen) atoms. The van der Waals surface area contributed by atoms with E-state index < -0.39 is 0 Å². The second-order valence-electron chi connectivity index (χ2n) is 5.98. The molecule has 122 valence electrons. The molecule has 0 aliphatic carbocycles. The lowest BCUT2D eigenvalue weighted by Crippen LogP contribution is -2.44. The normalized spacial score (nSPS) is 18.3. The van der Waals surface area contributed by atoms with E-state index in [0.29, 0.717) is 29.3 Å². The molecule has 0 saturated carbocycles. The Bertz CT molecular complexity index is 845. The van der Waals surface area contributed by atoms with Crippen LogP contribution in [0.25, 0.3) is 0 Å². The summed E-state index contributed by atoms with van der Waals surface area (Å²) in [4.78, 5) is 19.5. The largest absolute Gasteiger partial charge is 0.493 e. The van der Waals surface area contributed by atoms with Crippen molar-refractivity contribution in [2.24, 2.45) is 4.99 Å². The molecule has 2 aliphatic heterocycles. The summed E-state index contributed by atoms with van der Waals surface area (Å²) < 4.78 is 10.7. The number of aliphatic imine (C=N–C) groups is 1. The summed E-state index contributed by atoms with van der Waals surface area (Å²) in [6, 6.07) is 11.7. The molecule has 0 aromatic heterocycles. The molecule has 1 amide bonds. The van der Waals surface area contributed by atoms with Crippen LogP contribution in [0.15, 0.2) is 41.4 Å². The van der Waals surface area contributed by atoms with Gasteiger partial charge in [0, 0.05) is 18.8 Å². The molecule has 0 saturated heterocycles. The Morgan fingerprint density at radius 1 is 1.08 bits per heavy atom. The van der Waals surface area contributed by atoms with Crippen LogP contribution in [-0.2, 0) is 13.0 Å². The lowest BCUT2D eigenvalue weighted by Gasteiger charge is -2.34. The fourth-order valence-corrected chi connectivity index (χ4v) is 3.37. The van der Waals surface area contributed by atoms with Gasteiger partial charge in [-0.1, -0.05) is 24.3 Å². The predicted molar refractivity (Wildman–Crippen MR) is 91.5 cm³/mol. The molecule has 0 radical (unpaired) electrons. The molecule has 2 heterocycles. The van der Waals surface area contributed by atoms with Crippen LogP contribution in [0.4, 0.5) is 5.69 Å². The van der Waals surface area contributed by atoms with Gasteiger partial charge < -0.3 is 14.4 Å². The molecular formula is C19H18N2O3. The third-order valence-corrected chi connectivity index (χ3v) is 4.67. The Balaban J connectivity index is 1.79. The molecule has 2 aromatic carbocycles. The number of ether oxygens (including phenoxy) is 2. The first-order valence-electron chi connectivity index (χ1n) is 7.89. The Hall–Kier alpha value is -2.82. The number of rotatable bonds is 2. The van der Waals surface area contributed by atoms with Gasteiger partial charge in [0.2, 0.25) is 0 Å². The maximum Gasteiger partial charge on any atom is 0.257 e. The van der Waals surface area contributed by atoms with Crippen molar-refractivity contribution in [1.82, 2.24) is 4.90 Å². The van der Waals surface area contributed by atoms with Crippen LogP contribution in [0.3, 0.4) is 0 Å². The van der Waals surface area contributed by atoms with Gasteiger partial charge in [0.15, 0.2) is 11.5 Å². The lowest BCUT2D eigenvalue weighted by atomic mass is 9.94. The van der Waals surface area contributed by atoms with E-state index in [9.17, 15) is 4.79 Å². The van der Waals surface area contributed by atoms with Gasteiger partial charge in [0.1, 0.15) is 0 Å². The number of hydrogen-bond acceptors (Lipinski definition) is 4. The van der Waals surface area contributed by atoms with Crippen LogP contribution < -0.4 is 9.47 Å². The van der Waals surface area contributed by atoms with Crippen molar-refractivity contribution in [2.45, 2.75) is 19.0 Å². The fraction of sp³-hybridized carbons (Fsp3) is 0.263. The van der Waals surface area contributed by atoms with Crippen LogP contribution >= 0.6 is 0 Å². The van der Waals surface area contributed by atoms with Crippen molar-refractivity contribution in [1.29, 1.82) is 0 Å². The summed E-state index contributed by atoms with van der Waals surface area (Å²) in [5.74, 6) is 1.09. The van der Waals surface area contributed by atoms with E-state index in [-0.39, 0.29) is 11.9 Å². The maximum atomic E-state index is 13.1. The molecule has 0 spiro atoms. The monoisotopic (exact) mass is 322 g/mol. The van der Waals surface area contributed by atoms with Gasteiger partial charge in [0.25, 0.3) is 5.91 Å². The summed E-state index contributed by atoms with van der Waals surface area (Å²) in [7, 11) is 3.14. The molecule has 5 heteroatoms. The van der Waals surface area contributed by atoms with E-state index in [1.807, 2.05) is 23.2 Å². The summed E-state index contributed by atoms with van der Waals surface area (Å²) >= 11 is 0. The summed E-state index contributed by atoms with van der Waals surface area (Å²) in [6.07, 6.45) is 2.65. The fourth-order valence-electron chi connectivity index (χ4n) is 3.37. The Morgan fingerprint density at radius 3 is 2.54 bits per heavy atom. The van der Waals surface area contributed by atoms with Crippen molar-refractivity contribution < 1.29 is 14.3 Å². The minimum atomic E-state index is -0.0308. The summed E-state index contributed by atoms with van der Waals surface area (Å²) in [5.41, 5.74) is 3.64. The number of carbonyl (C=O) groups excluding carboxylic acids is 1. The van der Waals surface area contributed by atoms with Crippen molar-refractivity contribution >= 4 is 17.8 Å². The Labute approximate surface area is 140 Å². The summed E-state index contributed by atoms with van der Waals surface area (Å²) in [6.45, 7) is 0.597. The maximum absolute atomic E-state index is 13.1. The zero-order valence-corrected chi connectivity index (χ0v) is 13.7. The minimum Gasteiger partial charge on any atom is -0.493 e. The van der Waals surface area contributed by atoms with Gasteiger partial charge in [-0.2, -0.15) is 0 Å². The van der Waals surface area contributed by atoms with Crippen LogP contribution in [-0.4, -0.2) is 37.3 Å². The number of methoxy groups -OCH3 is 2. The number of carbonyl (C=O) groups is 1. The first-order valence-corrected chi connectivity index (χ1v) is 7.89. The third-order valence-electron chi connectivity index (χ3n) is 4.67. The average molecular weight is 322 g/mol. The van der Waals surface area contributed by atoms with Crippen molar-refractivity contribution in [3.8, 4) is 11.5 Å². The zero-order chi connectivity index (χ0) is 16.7. The molecule has 0 bridgehead atoms. The molecule has 0 unspecified atom stereocenters. The first kappa shape index (κ1) is 14.8. The van der Waals surface area contributed by atoms with Crippen molar-refractivity contribution in [3.05, 3.63) is 53.1 Å². The minimum absolute atomic E-state index is 0.0250. The van der Waals surface area contributed by atoms with E-state index in [4.69, 9.17) is 9.47 Å². The van der Waals surface area contributed by atoms with Crippen LogP contribution in [0, 0.1) is 0 Å². The van der Waals surface area contributed by atoms with Crippen LogP contribution in [0.2, 0.25) is 0 Å². The average Bonchev–Trinajstić information content (AvgIpc) is 2.76. The molecule has 2 aliphatic rings. The number of benzene rings is 2. The highest BCUT2D eigenvalue weighted by atomic mass is 16.5. The van der Waals surface area contributed by atoms with E-state index in [2.05, 4.69) is 17.1 Å². The van der Waals surface area contributed by atoms with Crippen molar-refractivity contribution in [2.75, 3.05) is 14.2 Å². The van der Waals surface area contributed by atoms with Gasteiger partial charge in [-0.3, -0.25) is 9.79 Å². The highest BCUT2D eigenvalue weighted by molar-refractivity contribution is 6.03. The summed E-state index contributed by atoms with van der Waals surface area (Å²) in [5, 5.41) is 0. The van der Waals surface area contributed by atoms with Crippen molar-refractivity contribution in [3.63, 3.8) is 0 Å². The van der Waals surface area contributed by atoms with Gasteiger partial charge in [-0.25, -0.2) is 0 Å². The van der Waals surface area contributed by atoms with E-state index in [1.54, 1.807) is 26.4 Å². The van der Waals surface area contributed by atoms with Crippen LogP contribution in [0.5, 0.6) is 11.5 Å². The SMILES string of the molecule is COc1cc2c(cc1OC)C(=O)N1Cc3ccccc3C[C@H]1C=N2. The van der Waals surface area contributed by atoms with E-state index in [1.165, 1.54) is 11.1 Å². The molecule has 0 fully saturated rings. The van der Waals surface area contributed by atoms with E-state index >= 15 is 0 Å². The Morgan fingerprint density at radius 2 is 1.79 bits per heavy atom. The van der Waals surface area contributed by atoms with Gasteiger partial charge >= 0.3 is 0 Å². The topological polar surface area (TPSA) is 51.1 Å². The third kappa shape index (κ3) is 2.24. The molecule has 1 atom stereocenters. The predicted octanol–water partition coefficient (Wildman–Crippen LogP) is 2.99. The lowest BCUT2D eigenvalue weighted by molar-refractivity contribution is 0.0703. The number of amides is 1. The first-order chi connectivity index (χ1) is 11.7. The number of nitrogens with zero attached hydrogens (tertiary/aromatic N) is 2. The molecule has 5 nitrogen and oxygen atoms in total. The standard InChI is InChI=1S/C19H18N2O3/c1-23-17-8-15-16(9-18(17)24-2)20-10-14-7-12-5-3-4-6-13(12)11-21(14)19(15)22/h3-6,8-10,14H,7,11H2,1-2H3/t14-/m0/s1. The molecular weight excluding hydrogens is 304 g/mol. The number of fused-ring (bicyclic) bond motifs is 3. The number of hydrogen-bond donors (Lipinski definition) is 0. The van der Waals surface area contributed by atoms with Crippen LogP contribution in [0.1, 0.15) is 21.5 Å². The highest BCUT2D eigenvalue weighted by Gasteiger charge is 2.33. The van der Waals surface area contributed by atoms with Gasteiger partial charge in [-0.15, -0.1) is 0 Å². The molecule has 4 rings (SSSR count). The van der Waals surface area contributed by atoms with Gasteiger partial charge in [-0.05, 0) is 23.6 Å². The second kappa shape index (κ2) is 5.67. The second-order valence-corrected chi connectivity index (χ2v) is 5.98. The highest BCUT2D eigenvalue weighted by Crippen LogP contribution is 2.38. The zero-order valence-electron chi connectivity index (χ0n) is 13.7. The molecule has 0 N–H and O–H groups in total. The smallest absolute Gasteiger partial charge is 0.257 e. The molecule has 2 aromatic rings. The van der Waals surface area contributed by atoms with E-state index in [0.717, 1.165) is 6.42 Å². The Kier molecular flexibility index (Phi) is 3.49. The van der Waals surface area contributed by atoms with Gasteiger partial charge in [0.05, 0.1) is 31.5 Å².